The summed E-state index contributed by atoms with van der Waals surface area (Å²) in [4.78, 5) is 12.0. The minimum absolute atomic E-state index is 0.203. The molecule has 0 spiro atoms. The summed E-state index contributed by atoms with van der Waals surface area (Å²) in [5.41, 5.74) is 1.21. The lowest BCUT2D eigenvalue weighted by Gasteiger charge is -2.23. The summed E-state index contributed by atoms with van der Waals surface area (Å²) in [5.74, 6) is -1.41. The molecule has 4 nitrogen and oxygen atoms in total. The first-order valence-electron chi connectivity index (χ1n) is 9.29. The highest BCUT2D eigenvalue weighted by molar-refractivity contribution is 5.96. The molecule has 28 heavy (non-hydrogen) atoms. The van der Waals surface area contributed by atoms with Crippen LogP contribution in [0.1, 0.15) is 37.3 Å². The summed E-state index contributed by atoms with van der Waals surface area (Å²) >= 11 is 0. The van der Waals surface area contributed by atoms with E-state index in [1.165, 1.54) is 18.2 Å². The van der Waals surface area contributed by atoms with Gasteiger partial charge in [-0.1, -0.05) is 12.1 Å². The van der Waals surface area contributed by atoms with Gasteiger partial charge in [-0.2, -0.15) is 0 Å². The number of benzene rings is 2. The summed E-state index contributed by atoms with van der Waals surface area (Å²) in [7, 11) is 0. The van der Waals surface area contributed by atoms with Crippen molar-refractivity contribution in [1.29, 1.82) is 0 Å². The van der Waals surface area contributed by atoms with Crippen LogP contribution in [-0.4, -0.2) is 25.5 Å². The van der Waals surface area contributed by atoms with Crippen molar-refractivity contribution in [1.82, 2.24) is 0 Å². The van der Waals surface area contributed by atoms with E-state index in [1.54, 1.807) is 31.2 Å². The second-order valence-corrected chi connectivity index (χ2v) is 6.41. The van der Waals surface area contributed by atoms with Gasteiger partial charge in [0.15, 0.2) is 6.29 Å². The van der Waals surface area contributed by atoms with Crippen molar-refractivity contribution in [3.05, 3.63) is 71.3 Å². The van der Waals surface area contributed by atoms with Crippen LogP contribution in [-0.2, 0) is 14.3 Å². The molecule has 0 saturated carbocycles. The molecule has 2 aromatic carbocycles. The first kappa shape index (κ1) is 20.0. The molecular formula is C22H22F2O4. The van der Waals surface area contributed by atoms with Crippen molar-refractivity contribution in [2.24, 2.45) is 0 Å². The highest BCUT2D eigenvalue weighted by Gasteiger charge is 2.16. The highest BCUT2D eigenvalue weighted by Crippen LogP contribution is 2.28. The molecule has 2 aromatic rings. The molecule has 1 fully saturated rings. The zero-order valence-electron chi connectivity index (χ0n) is 15.6. The van der Waals surface area contributed by atoms with Crippen molar-refractivity contribution >= 4 is 11.5 Å². The predicted molar refractivity (Wildman–Crippen MR) is 101 cm³/mol. The van der Waals surface area contributed by atoms with Gasteiger partial charge in [0.25, 0.3) is 0 Å². The van der Waals surface area contributed by atoms with Gasteiger partial charge in [0.2, 0.25) is 0 Å². The fourth-order valence-electron chi connectivity index (χ4n) is 3.01. The third-order valence-electron chi connectivity index (χ3n) is 4.29. The van der Waals surface area contributed by atoms with Gasteiger partial charge in [-0.05, 0) is 60.7 Å². The quantitative estimate of drug-likeness (QED) is 0.523. The number of carbonyl (C=O) groups is 1. The minimum atomic E-state index is -0.723. The fraction of sp³-hybridized carbons (Fsp3) is 0.318. The lowest BCUT2D eigenvalue weighted by molar-refractivity contribution is -0.137. The molecule has 1 aliphatic heterocycles. The number of ether oxygens (including phenoxy) is 3. The molecule has 1 aliphatic rings. The largest absolute Gasteiger partial charge is 0.465 e. The summed E-state index contributed by atoms with van der Waals surface area (Å²) in [6.45, 7) is 2.57. The van der Waals surface area contributed by atoms with Crippen LogP contribution in [0.5, 0.6) is 5.75 Å². The molecule has 0 aromatic heterocycles. The monoisotopic (exact) mass is 388 g/mol. The molecular weight excluding hydrogens is 366 g/mol. The Bertz CT molecular complexity index is 820. The standard InChI is InChI=1S/C22H22F2O4/c1-2-26-21(25)14-20(16-11-17(23)13-18(24)12-16)15-6-8-19(9-7-15)28-22-5-3-4-10-27-22/h6-9,11-14,22H,2-5,10H2,1H3. The zero-order valence-corrected chi connectivity index (χ0v) is 15.6. The molecule has 148 valence electrons. The molecule has 0 bridgehead atoms. The first-order valence-corrected chi connectivity index (χ1v) is 9.29. The molecule has 1 saturated heterocycles. The number of esters is 1. The Kier molecular flexibility index (Phi) is 6.76. The molecule has 1 unspecified atom stereocenters. The molecule has 6 heteroatoms. The lowest BCUT2D eigenvalue weighted by atomic mass is 9.97. The molecule has 1 atom stereocenters. The Morgan fingerprint density at radius 3 is 2.43 bits per heavy atom. The van der Waals surface area contributed by atoms with E-state index in [-0.39, 0.29) is 18.5 Å². The van der Waals surface area contributed by atoms with E-state index in [2.05, 4.69) is 0 Å². The van der Waals surface area contributed by atoms with E-state index in [1.807, 2.05) is 0 Å². The van der Waals surface area contributed by atoms with Crippen LogP contribution in [0.15, 0.2) is 48.5 Å². The normalized spacial score (nSPS) is 17.2. The fourth-order valence-corrected chi connectivity index (χ4v) is 3.01. The van der Waals surface area contributed by atoms with Crippen LogP contribution in [0.3, 0.4) is 0 Å². The van der Waals surface area contributed by atoms with Gasteiger partial charge >= 0.3 is 5.97 Å². The van der Waals surface area contributed by atoms with Crippen LogP contribution >= 0.6 is 0 Å². The third-order valence-corrected chi connectivity index (χ3v) is 4.29. The summed E-state index contributed by atoms with van der Waals surface area (Å²) < 4.78 is 43.7. The summed E-state index contributed by atoms with van der Waals surface area (Å²) in [6, 6.07) is 10.1. The molecule has 1 heterocycles. The van der Waals surface area contributed by atoms with Gasteiger partial charge in [-0.3, -0.25) is 0 Å². The Balaban J connectivity index is 1.88. The average Bonchev–Trinajstić information content (AvgIpc) is 2.67. The van der Waals surface area contributed by atoms with Gasteiger partial charge in [-0.25, -0.2) is 13.6 Å². The van der Waals surface area contributed by atoms with Gasteiger partial charge in [0.05, 0.1) is 13.2 Å². The van der Waals surface area contributed by atoms with Crippen molar-refractivity contribution in [3.8, 4) is 5.75 Å². The Morgan fingerprint density at radius 2 is 1.82 bits per heavy atom. The van der Waals surface area contributed by atoms with E-state index in [0.717, 1.165) is 25.3 Å². The third kappa shape index (κ3) is 5.39. The number of hydrogen-bond donors (Lipinski definition) is 0. The molecule has 0 N–H and O–H groups in total. The zero-order chi connectivity index (χ0) is 19.9. The molecule has 0 amide bonds. The van der Waals surface area contributed by atoms with E-state index < -0.39 is 17.6 Å². The number of halogens is 2. The Morgan fingerprint density at radius 1 is 1.11 bits per heavy atom. The van der Waals surface area contributed by atoms with E-state index in [0.29, 0.717) is 23.5 Å². The van der Waals surface area contributed by atoms with Crippen LogP contribution in [0.4, 0.5) is 8.78 Å². The second-order valence-electron chi connectivity index (χ2n) is 6.41. The first-order chi connectivity index (χ1) is 13.5. The van der Waals surface area contributed by atoms with E-state index in [4.69, 9.17) is 14.2 Å². The van der Waals surface area contributed by atoms with Gasteiger partial charge in [0, 0.05) is 18.6 Å². The van der Waals surface area contributed by atoms with Crippen LogP contribution < -0.4 is 4.74 Å². The molecule has 0 aliphatic carbocycles. The van der Waals surface area contributed by atoms with Crippen molar-refractivity contribution in [3.63, 3.8) is 0 Å². The summed E-state index contributed by atoms with van der Waals surface area (Å²) in [6.07, 6.45) is 3.88. The Hall–Kier alpha value is -2.73. The Labute approximate surface area is 162 Å². The maximum atomic E-state index is 13.7. The number of carbonyl (C=O) groups excluding carboxylic acids is 1. The topological polar surface area (TPSA) is 44.8 Å². The number of hydrogen-bond acceptors (Lipinski definition) is 4. The van der Waals surface area contributed by atoms with E-state index in [9.17, 15) is 13.6 Å². The molecule has 3 rings (SSSR count). The average molecular weight is 388 g/mol. The van der Waals surface area contributed by atoms with Crippen LogP contribution in [0.2, 0.25) is 0 Å². The smallest absolute Gasteiger partial charge is 0.331 e. The SMILES string of the molecule is CCOC(=O)C=C(c1ccc(OC2CCCCO2)cc1)c1cc(F)cc(F)c1. The summed E-state index contributed by atoms with van der Waals surface area (Å²) in [5, 5.41) is 0. The van der Waals surface area contributed by atoms with E-state index >= 15 is 0 Å². The number of rotatable bonds is 6. The van der Waals surface area contributed by atoms with Gasteiger partial charge in [-0.15, -0.1) is 0 Å². The second kappa shape index (κ2) is 9.46. The van der Waals surface area contributed by atoms with Crippen molar-refractivity contribution < 1.29 is 27.8 Å². The van der Waals surface area contributed by atoms with Gasteiger partial charge in [0.1, 0.15) is 17.4 Å². The lowest BCUT2D eigenvalue weighted by Crippen LogP contribution is -2.24. The van der Waals surface area contributed by atoms with Gasteiger partial charge < -0.3 is 14.2 Å². The van der Waals surface area contributed by atoms with Crippen LogP contribution in [0, 0.1) is 11.6 Å². The maximum Gasteiger partial charge on any atom is 0.331 e. The highest BCUT2D eigenvalue weighted by atomic mass is 19.1. The van der Waals surface area contributed by atoms with Crippen molar-refractivity contribution in [2.45, 2.75) is 32.5 Å². The predicted octanol–water partition coefficient (Wildman–Crippen LogP) is 4.87. The minimum Gasteiger partial charge on any atom is -0.465 e. The van der Waals surface area contributed by atoms with Crippen molar-refractivity contribution in [2.75, 3.05) is 13.2 Å². The maximum absolute atomic E-state index is 13.7. The van der Waals surface area contributed by atoms with Crippen LogP contribution in [0.25, 0.3) is 5.57 Å². The molecule has 0 radical (unpaired) electrons.